The van der Waals surface area contributed by atoms with Gasteiger partial charge in [0.1, 0.15) is 5.75 Å². The molecule has 1 aromatic carbocycles. The van der Waals surface area contributed by atoms with Gasteiger partial charge in [0.15, 0.2) is 0 Å². The van der Waals surface area contributed by atoms with Crippen molar-refractivity contribution in [3.8, 4) is 5.75 Å². The van der Waals surface area contributed by atoms with Gasteiger partial charge in [0.2, 0.25) is 0 Å². The topological polar surface area (TPSA) is 27.7 Å². The van der Waals surface area contributed by atoms with Crippen LogP contribution in [0, 0.1) is 0 Å². The molecule has 0 bridgehead atoms. The first kappa shape index (κ1) is 14.1. The van der Waals surface area contributed by atoms with Gasteiger partial charge in [-0.05, 0) is 31.4 Å². The molecule has 94 valence electrons. The van der Waals surface area contributed by atoms with Crippen molar-refractivity contribution in [2.24, 2.45) is 0 Å². The number of para-hydroxylation sites is 1. The Morgan fingerprint density at radius 1 is 1.18 bits per heavy atom. The smallest absolute Gasteiger partial charge is 0.512 e. The van der Waals surface area contributed by atoms with Gasteiger partial charge in [-0.2, -0.15) is 0 Å². The Balaban J connectivity index is 2.67. The minimum absolute atomic E-state index is 0.565. The van der Waals surface area contributed by atoms with E-state index in [4.69, 9.17) is 14.0 Å². The molecule has 3 nitrogen and oxygen atoms in total. The van der Waals surface area contributed by atoms with Crippen LogP contribution in [0.4, 0.5) is 0 Å². The van der Waals surface area contributed by atoms with E-state index in [0.29, 0.717) is 6.61 Å². The summed E-state index contributed by atoms with van der Waals surface area (Å²) in [7, 11) is 0.956. The van der Waals surface area contributed by atoms with Crippen molar-refractivity contribution in [3.63, 3.8) is 0 Å². The van der Waals surface area contributed by atoms with Gasteiger partial charge in [-0.3, -0.25) is 0 Å². The molecule has 0 aliphatic heterocycles. The Bertz CT molecular complexity index is 317. The highest BCUT2D eigenvalue weighted by atomic mass is 16.7. The number of hydrogen-bond acceptors (Lipinski definition) is 3. The third-order valence-electron chi connectivity index (χ3n) is 2.49. The molecular weight excluding hydrogens is 215 g/mol. The second kappa shape index (κ2) is 8.15. The van der Waals surface area contributed by atoms with E-state index in [1.165, 1.54) is 12.0 Å². The second-order valence-corrected chi connectivity index (χ2v) is 3.81. The molecule has 4 heteroatoms. The quantitative estimate of drug-likeness (QED) is 0.649. The molecule has 0 fully saturated rings. The van der Waals surface area contributed by atoms with Gasteiger partial charge in [-0.1, -0.05) is 31.5 Å². The number of hydrogen-bond donors (Lipinski definition) is 0. The largest absolute Gasteiger partial charge is 0.712 e. The first-order chi connectivity index (χ1) is 8.31. The van der Waals surface area contributed by atoms with Crippen LogP contribution in [0.15, 0.2) is 24.3 Å². The molecule has 0 N–H and O–H groups in total. The Kier molecular flexibility index (Phi) is 6.74. The van der Waals surface area contributed by atoms with Crippen LogP contribution in [0.2, 0.25) is 0 Å². The zero-order valence-electron chi connectivity index (χ0n) is 10.9. The fourth-order valence-electron chi connectivity index (χ4n) is 1.58. The van der Waals surface area contributed by atoms with E-state index in [1.807, 2.05) is 25.1 Å². The van der Waals surface area contributed by atoms with Gasteiger partial charge >= 0.3 is 7.32 Å². The summed E-state index contributed by atoms with van der Waals surface area (Å²) in [4.78, 5) is 0. The number of unbranched alkanes of at least 4 members (excludes halogenated alkanes) is 1. The molecule has 0 unspecified atom stereocenters. The van der Waals surface area contributed by atoms with Gasteiger partial charge in [-0.15, -0.1) is 0 Å². The zero-order valence-corrected chi connectivity index (χ0v) is 10.9. The van der Waals surface area contributed by atoms with E-state index < -0.39 is 7.32 Å². The predicted octanol–water partition coefficient (Wildman–Crippen LogP) is 3.08. The van der Waals surface area contributed by atoms with Crippen molar-refractivity contribution in [2.75, 3.05) is 13.7 Å². The first-order valence-electron chi connectivity index (χ1n) is 6.20. The van der Waals surface area contributed by atoms with E-state index in [1.54, 1.807) is 7.11 Å². The Morgan fingerprint density at radius 2 is 1.94 bits per heavy atom. The van der Waals surface area contributed by atoms with Crippen molar-refractivity contribution < 1.29 is 14.0 Å². The highest BCUT2D eigenvalue weighted by molar-refractivity contribution is 6.37. The summed E-state index contributed by atoms with van der Waals surface area (Å²) in [5.41, 5.74) is 1.20. The van der Waals surface area contributed by atoms with Crippen molar-refractivity contribution in [2.45, 2.75) is 33.1 Å². The van der Waals surface area contributed by atoms with E-state index in [-0.39, 0.29) is 0 Å². The monoisotopic (exact) mass is 236 g/mol. The van der Waals surface area contributed by atoms with Crippen LogP contribution in [0.5, 0.6) is 5.75 Å². The highest BCUT2D eigenvalue weighted by Gasteiger charge is 2.22. The lowest BCUT2D eigenvalue weighted by atomic mass is 10.1. The molecule has 1 aromatic rings. The van der Waals surface area contributed by atoms with Crippen molar-refractivity contribution >= 4 is 7.32 Å². The summed E-state index contributed by atoms with van der Waals surface area (Å²) < 4.78 is 16.1. The molecule has 0 aliphatic carbocycles. The molecular formula is C13H21BO3. The molecule has 0 atom stereocenters. The fraction of sp³-hybridized carbons (Fsp3) is 0.538. The summed E-state index contributed by atoms with van der Waals surface area (Å²) in [6.45, 7) is 4.66. The summed E-state index contributed by atoms with van der Waals surface area (Å²) >= 11 is 0. The molecule has 0 aromatic heterocycles. The summed E-state index contributed by atoms with van der Waals surface area (Å²) in [5.74, 6) is 0.848. The first-order valence-corrected chi connectivity index (χ1v) is 6.20. The maximum atomic E-state index is 5.69. The van der Waals surface area contributed by atoms with Crippen LogP contribution in [0.25, 0.3) is 0 Å². The third-order valence-corrected chi connectivity index (χ3v) is 2.49. The SMILES string of the molecule is CCCCc1ccccc1OB(OC)OCC. The minimum Gasteiger partial charge on any atom is -0.512 e. The van der Waals surface area contributed by atoms with Crippen LogP contribution in [-0.4, -0.2) is 21.0 Å². The molecule has 0 radical (unpaired) electrons. The Labute approximate surface area is 104 Å². The van der Waals surface area contributed by atoms with E-state index in [2.05, 4.69) is 13.0 Å². The van der Waals surface area contributed by atoms with Gasteiger partial charge < -0.3 is 14.0 Å². The normalized spacial score (nSPS) is 10.3. The second-order valence-electron chi connectivity index (χ2n) is 3.81. The molecule has 0 saturated heterocycles. The van der Waals surface area contributed by atoms with Crippen molar-refractivity contribution in [3.05, 3.63) is 29.8 Å². The molecule has 0 amide bonds. The molecule has 1 rings (SSSR count). The van der Waals surface area contributed by atoms with Crippen LogP contribution >= 0.6 is 0 Å². The Morgan fingerprint density at radius 3 is 2.59 bits per heavy atom. The van der Waals surface area contributed by atoms with E-state index in [9.17, 15) is 0 Å². The lowest BCUT2D eigenvalue weighted by Gasteiger charge is -2.15. The van der Waals surface area contributed by atoms with E-state index >= 15 is 0 Å². The summed E-state index contributed by atoms with van der Waals surface area (Å²) in [5, 5.41) is 0. The Hall–Kier alpha value is -0.995. The zero-order chi connectivity index (χ0) is 12.5. The van der Waals surface area contributed by atoms with Crippen molar-refractivity contribution in [1.82, 2.24) is 0 Å². The minimum atomic E-state index is -0.622. The average Bonchev–Trinajstić information content (AvgIpc) is 2.37. The van der Waals surface area contributed by atoms with E-state index in [0.717, 1.165) is 18.6 Å². The van der Waals surface area contributed by atoms with Gasteiger partial charge in [-0.25, -0.2) is 0 Å². The highest BCUT2D eigenvalue weighted by Crippen LogP contribution is 2.21. The summed E-state index contributed by atoms with van der Waals surface area (Å²) in [6, 6.07) is 8.03. The van der Waals surface area contributed by atoms with Crippen LogP contribution in [-0.2, 0) is 15.7 Å². The lowest BCUT2D eigenvalue weighted by Crippen LogP contribution is -2.29. The van der Waals surface area contributed by atoms with Crippen LogP contribution in [0.3, 0.4) is 0 Å². The molecule has 0 heterocycles. The number of aryl methyl sites for hydroxylation is 1. The van der Waals surface area contributed by atoms with Crippen LogP contribution < -0.4 is 4.65 Å². The summed E-state index contributed by atoms with van der Waals surface area (Å²) in [6.07, 6.45) is 3.36. The predicted molar refractivity (Wildman–Crippen MR) is 70.1 cm³/mol. The number of rotatable bonds is 8. The maximum Gasteiger partial charge on any atom is 0.712 e. The fourth-order valence-corrected chi connectivity index (χ4v) is 1.58. The molecule has 17 heavy (non-hydrogen) atoms. The van der Waals surface area contributed by atoms with Crippen LogP contribution in [0.1, 0.15) is 32.3 Å². The van der Waals surface area contributed by atoms with Crippen molar-refractivity contribution in [1.29, 1.82) is 0 Å². The maximum absolute atomic E-state index is 5.69. The molecule has 0 saturated carbocycles. The average molecular weight is 236 g/mol. The van der Waals surface area contributed by atoms with Gasteiger partial charge in [0.25, 0.3) is 0 Å². The molecule has 0 aliphatic rings. The number of benzene rings is 1. The lowest BCUT2D eigenvalue weighted by molar-refractivity contribution is 0.174. The van der Waals surface area contributed by atoms with Gasteiger partial charge in [0, 0.05) is 13.7 Å². The van der Waals surface area contributed by atoms with Gasteiger partial charge in [0.05, 0.1) is 0 Å². The molecule has 0 spiro atoms. The standard InChI is InChI=1S/C13H21BO3/c1-4-6-9-12-10-7-8-11-13(12)17-14(15-3)16-5-2/h7-8,10-11H,4-6,9H2,1-3H3. The third kappa shape index (κ3) is 4.80.